The first-order valence-electron chi connectivity index (χ1n) is 14.1. The number of nitrogens with two attached hydrogens (primary N) is 1. The molecule has 2 amide bonds. The normalized spacial score (nSPS) is 20.9. The van der Waals surface area contributed by atoms with E-state index in [0.717, 1.165) is 0 Å². The SMILES string of the molecule is CO[C@@H]1[C@@H](OC(N)=O)[C@@H](O)[C@H](Oc2ccc3c(O)c(NC(=O)C(c4ccccc4)c4ccccc4)c(=O)oc3c2C)OC1(C)C. The molecule has 0 radical (unpaired) electrons. The number of fused-ring (bicyclic) bond motifs is 1. The highest BCUT2D eigenvalue weighted by atomic mass is 16.7. The van der Waals surface area contributed by atoms with Gasteiger partial charge >= 0.3 is 11.7 Å². The van der Waals surface area contributed by atoms with Crippen LogP contribution in [0.25, 0.3) is 11.0 Å². The smallest absolute Gasteiger partial charge is 0.404 e. The number of aromatic hydroxyl groups is 1. The molecule has 12 nitrogen and oxygen atoms in total. The number of nitrogens with one attached hydrogen (secondary N) is 1. The second-order valence-electron chi connectivity index (χ2n) is 11.2. The third kappa shape index (κ3) is 6.21. The number of rotatable bonds is 8. The van der Waals surface area contributed by atoms with Crippen molar-refractivity contribution in [1.29, 1.82) is 0 Å². The minimum Gasteiger partial charge on any atom is -0.505 e. The monoisotopic (exact) mass is 618 g/mol. The molecule has 45 heavy (non-hydrogen) atoms. The summed E-state index contributed by atoms with van der Waals surface area (Å²) in [6, 6.07) is 21.0. The minimum absolute atomic E-state index is 0.0140. The summed E-state index contributed by atoms with van der Waals surface area (Å²) in [5.41, 5.74) is 4.40. The molecule has 5 rings (SSSR count). The number of aryl methyl sites for hydroxylation is 1. The van der Waals surface area contributed by atoms with Crippen LogP contribution in [0.3, 0.4) is 0 Å². The molecule has 1 saturated heterocycles. The fourth-order valence-electron chi connectivity index (χ4n) is 5.65. The molecule has 1 aromatic heterocycles. The molecular weight excluding hydrogens is 584 g/mol. The van der Waals surface area contributed by atoms with E-state index < -0.39 is 65.2 Å². The number of methoxy groups -OCH3 is 1. The van der Waals surface area contributed by atoms with Crippen LogP contribution in [0, 0.1) is 6.92 Å². The quantitative estimate of drug-likeness (QED) is 0.211. The van der Waals surface area contributed by atoms with E-state index in [1.165, 1.54) is 19.2 Å². The number of amides is 2. The first-order valence-corrected chi connectivity index (χ1v) is 14.1. The van der Waals surface area contributed by atoms with Gasteiger partial charge in [0.2, 0.25) is 12.2 Å². The molecule has 2 heterocycles. The van der Waals surface area contributed by atoms with Gasteiger partial charge in [-0.3, -0.25) is 4.79 Å². The zero-order valence-corrected chi connectivity index (χ0v) is 25.1. The number of hydrogen-bond acceptors (Lipinski definition) is 10. The van der Waals surface area contributed by atoms with E-state index >= 15 is 0 Å². The molecule has 5 N–H and O–H groups in total. The lowest BCUT2D eigenvalue weighted by molar-refractivity contribution is -0.304. The number of aliphatic hydroxyl groups is 1. The van der Waals surface area contributed by atoms with Gasteiger partial charge in [0.25, 0.3) is 0 Å². The van der Waals surface area contributed by atoms with E-state index in [0.29, 0.717) is 16.7 Å². The number of aliphatic hydroxyl groups excluding tert-OH is 1. The number of carbonyl (C=O) groups excluding carboxylic acids is 2. The molecule has 1 aliphatic rings. The van der Waals surface area contributed by atoms with Crippen LogP contribution in [0.5, 0.6) is 11.5 Å². The third-order valence-corrected chi connectivity index (χ3v) is 7.79. The Morgan fingerprint density at radius 2 is 1.60 bits per heavy atom. The van der Waals surface area contributed by atoms with Crippen LogP contribution >= 0.6 is 0 Å². The van der Waals surface area contributed by atoms with Crippen molar-refractivity contribution in [2.45, 2.75) is 56.9 Å². The molecule has 3 aromatic carbocycles. The number of anilines is 1. The molecule has 0 bridgehead atoms. The molecule has 1 aliphatic heterocycles. The van der Waals surface area contributed by atoms with Crippen LogP contribution < -0.4 is 21.4 Å². The van der Waals surface area contributed by atoms with Crippen molar-refractivity contribution in [2.75, 3.05) is 12.4 Å². The Balaban J connectivity index is 1.46. The maximum atomic E-state index is 13.6. The van der Waals surface area contributed by atoms with Gasteiger partial charge < -0.3 is 44.6 Å². The van der Waals surface area contributed by atoms with Gasteiger partial charge in [-0.15, -0.1) is 0 Å². The maximum absolute atomic E-state index is 13.6. The minimum atomic E-state index is -1.51. The Morgan fingerprint density at radius 3 is 2.16 bits per heavy atom. The summed E-state index contributed by atoms with van der Waals surface area (Å²) in [7, 11) is 1.38. The van der Waals surface area contributed by atoms with Gasteiger partial charge in [-0.2, -0.15) is 0 Å². The van der Waals surface area contributed by atoms with E-state index in [4.69, 9.17) is 29.1 Å². The molecular formula is C33H34N2O10. The van der Waals surface area contributed by atoms with Gasteiger partial charge in [0.1, 0.15) is 17.4 Å². The molecule has 1 fully saturated rings. The van der Waals surface area contributed by atoms with Crippen LogP contribution in [-0.4, -0.2) is 59.5 Å². The highest BCUT2D eigenvalue weighted by Crippen LogP contribution is 2.39. The van der Waals surface area contributed by atoms with Gasteiger partial charge in [0, 0.05) is 12.7 Å². The van der Waals surface area contributed by atoms with Crippen LogP contribution in [0.2, 0.25) is 0 Å². The van der Waals surface area contributed by atoms with Gasteiger partial charge in [-0.25, -0.2) is 9.59 Å². The van der Waals surface area contributed by atoms with Crippen LogP contribution in [0.1, 0.15) is 36.5 Å². The summed E-state index contributed by atoms with van der Waals surface area (Å²) in [5, 5.41) is 24.8. The zero-order valence-electron chi connectivity index (χ0n) is 25.1. The van der Waals surface area contributed by atoms with E-state index in [2.05, 4.69) is 5.32 Å². The van der Waals surface area contributed by atoms with Gasteiger partial charge in [-0.1, -0.05) is 60.7 Å². The van der Waals surface area contributed by atoms with Crippen molar-refractivity contribution >= 4 is 28.7 Å². The van der Waals surface area contributed by atoms with Crippen LogP contribution in [-0.2, 0) is 19.0 Å². The van der Waals surface area contributed by atoms with E-state index in [-0.39, 0.29) is 16.7 Å². The fourth-order valence-corrected chi connectivity index (χ4v) is 5.65. The number of benzene rings is 3. The van der Waals surface area contributed by atoms with Gasteiger partial charge in [0.05, 0.1) is 16.9 Å². The number of carbonyl (C=O) groups is 2. The summed E-state index contributed by atoms with van der Waals surface area (Å²) < 4.78 is 28.1. The first-order chi connectivity index (χ1) is 21.4. The second kappa shape index (κ2) is 12.6. The van der Waals surface area contributed by atoms with Crippen LogP contribution in [0.4, 0.5) is 10.5 Å². The molecule has 0 spiro atoms. The first kappa shape index (κ1) is 31.5. The maximum Gasteiger partial charge on any atom is 0.404 e. The van der Waals surface area contributed by atoms with Crippen molar-refractivity contribution in [1.82, 2.24) is 0 Å². The molecule has 4 aromatic rings. The van der Waals surface area contributed by atoms with Crippen molar-refractivity contribution in [2.24, 2.45) is 5.73 Å². The fraction of sp³-hybridized carbons (Fsp3) is 0.303. The highest BCUT2D eigenvalue weighted by Gasteiger charge is 2.53. The summed E-state index contributed by atoms with van der Waals surface area (Å²) in [4.78, 5) is 38.3. The Morgan fingerprint density at radius 1 is 1.00 bits per heavy atom. The molecule has 0 aliphatic carbocycles. The lowest BCUT2D eigenvalue weighted by atomic mass is 9.89. The molecule has 4 atom stereocenters. The summed E-state index contributed by atoms with van der Waals surface area (Å²) in [6.07, 6.45) is -6.06. The molecule has 236 valence electrons. The number of ether oxygens (including phenoxy) is 4. The lowest BCUT2D eigenvalue weighted by Crippen LogP contribution is -2.65. The highest BCUT2D eigenvalue weighted by molar-refractivity contribution is 6.02. The van der Waals surface area contributed by atoms with Crippen molar-refractivity contribution in [3.8, 4) is 11.5 Å². The summed E-state index contributed by atoms with van der Waals surface area (Å²) >= 11 is 0. The van der Waals surface area contributed by atoms with E-state index in [1.54, 1.807) is 45.0 Å². The summed E-state index contributed by atoms with van der Waals surface area (Å²) in [6.45, 7) is 4.91. The van der Waals surface area contributed by atoms with E-state index in [9.17, 15) is 24.6 Å². The van der Waals surface area contributed by atoms with Crippen molar-refractivity contribution < 1.29 is 43.2 Å². The predicted molar refractivity (Wildman–Crippen MR) is 163 cm³/mol. The molecule has 12 heteroatoms. The molecule has 0 saturated carbocycles. The van der Waals surface area contributed by atoms with Crippen molar-refractivity contribution in [3.63, 3.8) is 0 Å². The topological polar surface area (TPSA) is 180 Å². The largest absolute Gasteiger partial charge is 0.505 e. The third-order valence-electron chi connectivity index (χ3n) is 7.79. The Bertz CT molecular complexity index is 1720. The number of hydrogen-bond donors (Lipinski definition) is 4. The Kier molecular flexibility index (Phi) is 8.82. The van der Waals surface area contributed by atoms with Crippen molar-refractivity contribution in [3.05, 3.63) is 99.9 Å². The Labute approximate surface area is 258 Å². The van der Waals surface area contributed by atoms with Gasteiger partial charge in [-0.05, 0) is 44.0 Å². The summed E-state index contributed by atoms with van der Waals surface area (Å²) in [5.74, 6) is -1.66. The predicted octanol–water partition coefficient (Wildman–Crippen LogP) is 3.93. The van der Waals surface area contributed by atoms with Gasteiger partial charge in [0.15, 0.2) is 23.6 Å². The standard InChI is InChI=1S/C33H34N2O10/c1-17-21(42-31-25(37)27(44-32(34)40)28(41-4)33(2,3)45-31)16-15-20-24(36)23(30(39)43-26(17)20)35-29(38)22(18-11-7-5-8-12-18)19-13-9-6-10-14-19/h5-16,22,25,27-28,31,36-37H,1-4H3,(H2,34,40)(H,35,38)/t25-,27+,28-,31-/m1/s1. The lowest BCUT2D eigenvalue weighted by Gasteiger charge is -2.47. The Hall–Kier alpha value is -4.91. The number of primary amides is 1. The average Bonchev–Trinajstić information content (AvgIpc) is 3.00. The van der Waals surface area contributed by atoms with E-state index in [1.807, 2.05) is 36.4 Å². The second-order valence-corrected chi connectivity index (χ2v) is 11.2. The van der Waals surface area contributed by atoms with Crippen LogP contribution in [0.15, 0.2) is 82.0 Å². The average molecular weight is 619 g/mol. The zero-order chi connectivity index (χ0) is 32.5. The molecule has 0 unspecified atom stereocenters.